The summed E-state index contributed by atoms with van der Waals surface area (Å²) < 4.78 is 14.0. The first-order valence-corrected chi connectivity index (χ1v) is 6.71. The Morgan fingerprint density at radius 2 is 2.33 bits per heavy atom. The van der Waals surface area contributed by atoms with E-state index in [4.69, 9.17) is 0 Å². The fraction of sp³-hybridized carbons (Fsp3) is 0.364. The van der Waals surface area contributed by atoms with Crippen molar-refractivity contribution in [2.75, 3.05) is 11.5 Å². The third-order valence-corrected chi connectivity index (χ3v) is 4.29. The molecule has 0 radical (unpaired) electrons. The molecule has 1 fully saturated rings. The highest BCUT2D eigenvalue weighted by molar-refractivity contribution is 9.10. The number of rotatable bonds is 2. The summed E-state index contributed by atoms with van der Waals surface area (Å²) in [4.78, 5) is 11.9. The van der Waals surface area contributed by atoms with E-state index in [1.807, 2.05) is 0 Å². The SMILES string of the molecule is O=C(c1cccc(Br)c1F)C1CCSC1. The van der Waals surface area contributed by atoms with Gasteiger partial charge in [-0.3, -0.25) is 4.79 Å². The van der Waals surface area contributed by atoms with Crippen LogP contribution in [0.4, 0.5) is 4.39 Å². The number of halogens is 2. The maximum Gasteiger partial charge on any atom is 0.169 e. The molecule has 1 aromatic rings. The third kappa shape index (κ3) is 2.26. The van der Waals surface area contributed by atoms with E-state index in [1.165, 1.54) is 0 Å². The van der Waals surface area contributed by atoms with E-state index in [0.717, 1.165) is 17.9 Å². The third-order valence-electron chi connectivity index (χ3n) is 2.52. The highest BCUT2D eigenvalue weighted by atomic mass is 79.9. The first-order valence-electron chi connectivity index (χ1n) is 4.76. The van der Waals surface area contributed by atoms with Crippen molar-refractivity contribution in [3.05, 3.63) is 34.1 Å². The number of hydrogen-bond acceptors (Lipinski definition) is 2. The first kappa shape index (κ1) is 11.1. The molecule has 0 aliphatic carbocycles. The second-order valence-corrected chi connectivity index (χ2v) is 5.53. The summed E-state index contributed by atoms with van der Waals surface area (Å²) in [6.45, 7) is 0. The first-order chi connectivity index (χ1) is 7.20. The van der Waals surface area contributed by atoms with Crippen LogP contribution in [-0.4, -0.2) is 17.3 Å². The Bertz CT molecular complexity index is 388. The quantitative estimate of drug-likeness (QED) is 0.775. The maximum atomic E-state index is 13.6. The summed E-state index contributed by atoms with van der Waals surface area (Å²) in [7, 11) is 0. The largest absolute Gasteiger partial charge is 0.294 e. The molecule has 0 amide bonds. The lowest BCUT2D eigenvalue weighted by molar-refractivity contribution is 0.0929. The topological polar surface area (TPSA) is 17.1 Å². The average molecular weight is 289 g/mol. The van der Waals surface area contributed by atoms with Gasteiger partial charge in [0, 0.05) is 11.7 Å². The zero-order valence-corrected chi connectivity index (χ0v) is 10.4. The Balaban J connectivity index is 2.28. The van der Waals surface area contributed by atoms with Gasteiger partial charge in [0.05, 0.1) is 10.0 Å². The summed E-state index contributed by atoms with van der Waals surface area (Å²) in [5.41, 5.74) is 0.219. The van der Waals surface area contributed by atoms with Crippen molar-refractivity contribution in [3.8, 4) is 0 Å². The molecule has 1 saturated heterocycles. The van der Waals surface area contributed by atoms with Crippen molar-refractivity contribution in [3.63, 3.8) is 0 Å². The van der Waals surface area contributed by atoms with Crippen molar-refractivity contribution >= 4 is 33.5 Å². The summed E-state index contributed by atoms with van der Waals surface area (Å²) in [6.07, 6.45) is 0.870. The van der Waals surface area contributed by atoms with E-state index in [1.54, 1.807) is 30.0 Å². The molecule has 80 valence electrons. The van der Waals surface area contributed by atoms with Gasteiger partial charge in [0.25, 0.3) is 0 Å². The van der Waals surface area contributed by atoms with Gasteiger partial charge in [-0.25, -0.2) is 4.39 Å². The molecular formula is C11H10BrFOS. The van der Waals surface area contributed by atoms with Gasteiger partial charge in [0.2, 0.25) is 0 Å². The maximum absolute atomic E-state index is 13.6. The van der Waals surface area contributed by atoms with Crippen LogP contribution >= 0.6 is 27.7 Å². The van der Waals surface area contributed by atoms with Crippen molar-refractivity contribution in [2.45, 2.75) is 6.42 Å². The van der Waals surface area contributed by atoms with Crippen LogP contribution in [-0.2, 0) is 0 Å². The summed E-state index contributed by atoms with van der Waals surface area (Å²) >= 11 is 4.85. The Hall–Kier alpha value is -0.350. The zero-order valence-electron chi connectivity index (χ0n) is 8.00. The molecular weight excluding hydrogens is 279 g/mol. The monoisotopic (exact) mass is 288 g/mol. The van der Waals surface area contributed by atoms with Gasteiger partial charge < -0.3 is 0 Å². The molecule has 15 heavy (non-hydrogen) atoms. The van der Waals surface area contributed by atoms with E-state index in [-0.39, 0.29) is 17.3 Å². The smallest absolute Gasteiger partial charge is 0.169 e. The lowest BCUT2D eigenvalue weighted by Crippen LogP contribution is -2.15. The van der Waals surface area contributed by atoms with Crippen LogP contribution in [0, 0.1) is 11.7 Å². The van der Waals surface area contributed by atoms with E-state index in [9.17, 15) is 9.18 Å². The lowest BCUT2D eigenvalue weighted by Gasteiger charge is -2.08. The predicted molar refractivity (Wildman–Crippen MR) is 63.9 cm³/mol. The van der Waals surface area contributed by atoms with E-state index >= 15 is 0 Å². The fourth-order valence-electron chi connectivity index (χ4n) is 1.66. The van der Waals surface area contributed by atoms with E-state index < -0.39 is 5.82 Å². The van der Waals surface area contributed by atoms with E-state index in [0.29, 0.717) is 4.47 Å². The summed E-state index contributed by atoms with van der Waals surface area (Å²) in [5, 5.41) is 0. The predicted octanol–water partition coefficient (Wildman–Crippen LogP) is 3.52. The summed E-state index contributed by atoms with van der Waals surface area (Å²) in [5.74, 6) is 1.34. The van der Waals surface area contributed by atoms with Crippen LogP contribution in [0.2, 0.25) is 0 Å². The molecule has 0 bridgehead atoms. The normalized spacial score (nSPS) is 20.5. The van der Waals surface area contributed by atoms with E-state index in [2.05, 4.69) is 15.9 Å². The molecule has 1 heterocycles. The molecule has 2 rings (SSSR count). The molecule has 0 aromatic heterocycles. The molecule has 1 atom stereocenters. The molecule has 0 saturated carbocycles. The number of carbonyl (C=O) groups excluding carboxylic acids is 1. The second kappa shape index (κ2) is 4.66. The van der Waals surface area contributed by atoms with Crippen LogP contribution in [0.5, 0.6) is 0 Å². The highest BCUT2D eigenvalue weighted by Gasteiger charge is 2.26. The van der Waals surface area contributed by atoms with Crippen molar-refractivity contribution < 1.29 is 9.18 Å². The van der Waals surface area contributed by atoms with Gasteiger partial charge in [0.1, 0.15) is 5.82 Å². The van der Waals surface area contributed by atoms with Crippen molar-refractivity contribution in [1.29, 1.82) is 0 Å². The Morgan fingerprint density at radius 1 is 1.53 bits per heavy atom. The minimum Gasteiger partial charge on any atom is -0.294 e. The number of Topliss-reactive ketones (excluding diaryl/α,β-unsaturated/α-hetero) is 1. The van der Waals surface area contributed by atoms with Gasteiger partial charge in [-0.15, -0.1) is 0 Å². The number of benzene rings is 1. The van der Waals surface area contributed by atoms with Gasteiger partial charge in [-0.05, 0) is 40.2 Å². The standard InChI is InChI=1S/C11H10BrFOS/c12-9-3-1-2-8(10(9)13)11(14)7-4-5-15-6-7/h1-3,7H,4-6H2. The Labute approximate surface area is 101 Å². The van der Waals surface area contributed by atoms with Crippen LogP contribution in [0.25, 0.3) is 0 Å². The van der Waals surface area contributed by atoms with Crippen molar-refractivity contribution in [1.82, 2.24) is 0 Å². The molecule has 1 nitrogen and oxygen atoms in total. The minimum atomic E-state index is -0.431. The van der Waals surface area contributed by atoms with Crippen molar-refractivity contribution in [2.24, 2.45) is 5.92 Å². The van der Waals surface area contributed by atoms with Gasteiger partial charge in [-0.1, -0.05) is 6.07 Å². The number of hydrogen-bond donors (Lipinski definition) is 0. The summed E-state index contributed by atoms with van der Waals surface area (Å²) in [6, 6.07) is 4.86. The van der Waals surface area contributed by atoms with Crippen LogP contribution in [0.1, 0.15) is 16.8 Å². The Morgan fingerprint density at radius 3 is 3.00 bits per heavy atom. The fourth-order valence-corrected chi connectivity index (χ4v) is 3.24. The second-order valence-electron chi connectivity index (χ2n) is 3.53. The molecule has 4 heteroatoms. The van der Waals surface area contributed by atoms with Gasteiger partial charge in [-0.2, -0.15) is 11.8 Å². The highest BCUT2D eigenvalue weighted by Crippen LogP contribution is 2.28. The van der Waals surface area contributed by atoms with Gasteiger partial charge in [0.15, 0.2) is 5.78 Å². The van der Waals surface area contributed by atoms with Crippen LogP contribution in [0.15, 0.2) is 22.7 Å². The lowest BCUT2D eigenvalue weighted by atomic mass is 9.97. The number of ketones is 1. The number of thioether (sulfide) groups is 1. The molecule has 0 N–H and O–H groups in total. The van der Waals surface area contributed by atoms with Gasteiger partial charge >= 0.3 is 0 Å². The van der Waals surface area contributed by atoms with Crippen LogP contribution in [0.3, 0.4) is 0 Å². The molecule has 1 aliphatic heterocycles. The zero-order chi connectivity index (χ0) is 10.8. The minimum absolute atomic E-state index is 0.00111. The number of carbonyl (C=O) groups is 1. The molecule has 1 aliphatic rings. The molecule has 0 spiro atoms. The average Bonchev–Trinajstić information content (AvgIpc) is 2.74. The van der Waals surface area contributed by atoms with Crippen LogP contribution < -0.4 is 0 Å². The molecule has 1 aromatic carbocycles. The molecule has 1 unspecified atom stereocenters. The Kier molecular flexibility index (Phi) is 3.46.